The molecule has 0 aliphatic rings. The summed E-state index contributed by atoms with van der Waals surface area (Å²) in [7, 11) is 0. The molecule has 0 bridgehead atoms. The molecule has 0 atom stereocenters. The van der Waals surface area contributed by atoms with Crippen molar-refractivity contribution in [2.75, 3.05) is 0 Å². The number of thiophene rings is 1. The molecule has 0 radical (unpaired) electrons. The van der Waals surface area contributed by atoms with Gasteiger partial charge < -0.3 is 8.98 Å². The van der Waals surface area contributed by atoms with E-state index < -0.39 is 0 Å². The van der Waals surface area contributed by atoms with Gasteiger partial charge in [0.25, 0.3) is 0 Å². The van der Waals surface area contributed by atoms with E-state index in [1.807, 2.05) is 11.3 Å². The lowest BCUT2D eigenvalue weighted by atomic mass is 9.96. The average Bonchev–Trinajstić information content (AvgIpc) is 3.81. The molecule has 0 amide bonds. The standard InChI is InChI=1S/C44H27NOS/c1-3-11-28(12-4-1)31-25-26-39-37(27-31)35-18-9-17-34(43(35)46-39)30-23-21-29(22-24-30)33-16-10-20-40-41(33)42-44(47-40)36-15-7-8-19-38(36)45(42)32-13-5-2-6-14-32/h1-27H. The van der Waals surface area contributed by atoms with Crippen molar-refractivity contribution in [1.29, 1.82) is 0 Å². The first-order chi connectivity index (χ1) is 23.3. The van der Waals surface area contributed by atoms with Gasteiger partial charge in [0.2, 0.25) is 0 Å². The van der Waals surface area contributed by atoms with Crippen LogP contribution in [-0.4, -0.2) is 4.57 Å². The first kappa shape index (κ1) is 26.3. The van der Waals surface area contributed by atoms with Gasteiger partial charge in [0.1, 0.15) is 11.2 Å². The van der Waals surface area contributed by atoms with Crippen molar-refractivity contribution in [1.82, 2.24) is 4.57 Å². The molecule has 0 fully saturated rings. The van der Waals surface area contributed by atoms with Crippen LogP contribution in [0.15, 0.2) is 168 Å². The molecule has 0 aliphatic carbocycles. The minimum atomic E-state index is 0.908. The summed E-state index contributed by atoms with van der Waals surface area (Å²) in [5, 5.41) is 4.87. The molecule has 3 heterocycles. The number of fused-ring (bicyclic) bond motifs is 8. The fourth-order valence-corrected chi connectivity index (χ4v) is 8.51. The molecular formula is C44H27NOS. The van der Waals surface area contributed by atoms with Gasteiger partial charge in [0.05, 0.1) is 15.7 Å². The van der Waals surface area contributed by atoms with Crippen molar-refractivity contribution in [2.24, 2.45) is 0 Å². The van der Waals surface area contributed by atoms with Crippen LogP contribution in [0.4, 0.5) is 0 Å². The van der Waals surface area contributed by atoms with Gasteiger partial charge in [-0.25, -0.2) is 0 Å². The van der Waals surface area contributed by atoms with Gasteiger partial charge in [-0.1, -0.05) is 127 Å². The Morgan fingerprint density at radius 1 is 0.468 bits per heavy atom. The van der Waals surface area contributed by atoms with Crippen LogP contribution >= 0.6 is 11.3 Å². The topological polar surface area (TPSA) is 18.1 Å². The van der Waals surface area contributed by atoms with Crippen LogP contribution in [0.3, 0.4) is 0 Å². The summed E-state index contributed by atoms with van der Waals surface area (Å²) in [5.41, 5.74) is 12.6. The predicted molar refractivity (Wildman–Crippen MR) is 200 cm³/mol. The summed E-state index contributed by atoms with van der Waals surface area (Å²) in [4.78, 5) is 0. The van der Waals surface area contributed by atoms with Gasteiger partial charge in [0, 0.05) is 37.5 Å². The van der Waals surface area contributed by atoms with Crippen molar-refractivity contribution >= 4 is 64.5 Å². The third kappa shape index (κ3) is 4.04. The van der Waals surface area contributed by atoms with Crippen LogP contribution < -0.4 is 0 Å². The quantitative estimate of drug-likeness (QED) is 0.192. The number of benzene rings is 7. The Hall–Kier alpha value is -5.90. The van der Waals surface area contributed by atoms with Gasteiger partial charge >= 0.3 is 0 Å². The second-order valence-electron chi connectivity index (χ2n) is 12.1. The van der Waals surface area contributed by atoms with Crippen LogP contribution in [0.5, 0.6) is 0 Å². The Bertz CT molecular complexity index is 2770. The lowest BCUT2D eigenvalue weighted by Gasteiger charge is -2.11. The smallest absolute Gasteiger partial charge is 0.143 e. The monoisotopic (exact) mass is 617 g/mol. The molecule has 47 heavy (non-hydrogen) atoms. The Labute approximate surface area is 275 Å². The van der Waals surface area contributed by atoms with Crippen LogP contribution in [0.1, 0.15) is 0 Å². The Balaban J connectivity index is 1.12. The van der Waals surface area contributed by atoms with E-state index in [0.717, 1.165) is 33.1 Å². The average molecular weight is 618 g/mol. The summed E-state index contributed by atoms with van der Waals surface area (Å²) < 4.78 is 11.6. The predicted octanol–water partition coefficient (Wildman–Crippen LogP) is 12.9. The van der Waals surface area contributed by atoms with E-state index in [1.54, 1.807) is 0 Å². The highest BCUT2D eigenvalue weighted by atomic mass is 32.1. The van der Waals surface area contributed by atoms with E-state index >= 15 is 0 Å². The Kier molecular flexibility index (Phi) is 5.78. The molecule has 7 aromatic carbocycles. The highest BCUT2D eigenvalue weighted by Gasteiger charge is 2.20. The molecule has 0 saturated heterocycles. The fraction of sp³-hybridized carbons (Fsp3) is 0. The molecule has 3 heteroatoms. The van der Waals surface area contributed by atoms with E-state index in [9.17, 15) is 0 Å². The first-order valence-corrected chi connectivity index (χ1v) is 16.7. The maximum absolute atomic E-state index is 6.52. The maximum atomic E-state index is 6.52. The van der Waals surface area contributed by atoms with Crippen molar-refractivity contribution in [3.8, 4) is 39.1 Å². The van der Waals surface area contributed by atoms with Crippen molar-refractivity contribution in [3.05, 3.63) is 164 Å². The van der Waals surface area contributed by atoms with Crippen LogP contribution in [0, 0.1) is 0 Å². The number of hydrogen-bond donors (Lipinski definition) is 0. The largest absolute Gasteiger partial charge is 0.455 e. The summed E-state index contributed by atoms with van der Waals surface area (Å²) in [6.45, 7) is 0. The van der Waals surface area contributed by atoms with E-state index in [0.29, 0.717) is 0 Å². The highest BCUT2D eigenvalue weighted by Crippen LogP contribution is 2.46. The first-order valence-electron chi connectivity index (χ1n) is 15.9. The SMILES string of the molecule is c1ccc(-c2ccc3oc4c(-c5ccc(-c6cccc7sc8c9ccccc9n(-c9ccccc9)c8c67)cc5)cccc4c3c2)cc1. The number of furan rings is 1. The third-order valence-corrected chi connectivity index (χ3v) is 10.6. The Morgan fingerprint density at radius 3 is 1.96 bits per heavy atom. The van der Waals surface area contributed by atoms with Gasteiger partial charge in [-0.3, -0.25) is 0 Å². The lowest BCUT2D eigenvalue weighted by molar-refractivity contribution is 0.670. The highest BCUT2D eigenvalue weighted by molar-refractivity contribution is 7.26. The van der Waals surface area contributed by atoms with Crippen LogP contribution in [0.25, 0.3) is 92.2 Å². The number of hydrogen-bond acceptors (Lipinski definition) is 2. The molecule has 10 rings (SSSR count). The van der Waals surface area contributed by atoms with Gasteiger partial charge in [-0.15, -0.1) is 11.3 Å². The summed E-state index contributed by atoms with van der Waals surface area (Å²) in [6, 6.07) is 58.7. The minimum absolute atomic E-state index is 0.908. The molecule has 0 aliphatic heterocycles. The zero-order valence-corrected chi connectivity index (χ0v) is 26.2. The lowest BCUT2D eigenvalue weighted by Crippen LogP contribution is -1.93. The number of aromatic nitrogens is 1. The zero-order chi connectivity index (χ0) is 30.9. The molecule has 0 N–H and O–H groups in total. The van der Waals surface area contributed by atoms with Crippen molar-refractivity contribution < 1.29 is 4.42 Å². The zero-order valence-electron chi connectivity index (χ0n) is 25.4. The van der Waals surface area contributed by atoms with Gasteiger partial charge in [0.15, 0.2) is 0 Å². The molecule has 10 aromatic rings. The summed E-state index contributed by atoms with van der Waals surface area (Å²) in [6.07, 6.45) is 0. The molecule has 0 unspecified atom stereocenters. The van der Waals surface area contributed by atoms with E-state index in [2.05, 4.69) is 168 Å². The Morgan fingerprint density at radius 2 is 1.13 bits per heavy atom. The van der Waals surface area contributed by atoms with Crippen LogP contribution in [0.2, 0.25) is 0 Å². The van der Waals surface area contributed by atoms with Crippen LogP contribution in [-0.2, 0) is 0 Å². The number of rotatable bonds is 4. The molecular weight excluding hydrogens is 591 g/mol. The minimum Gasteiger partial charge on any atom is -0.455 e. The summed E-state index contributed by atoms with van der Waals surface area (Å²) >= 11 is 1.89. The molecule has 0 saturated carbocycles. The van der Waals surface area contributed by atoms with E-state index in [1.165, 1.54) is 59.1 Å². The fourth-order valence-electron chi connectivity index (χ4n) is 7.26. The van der Waals surface area contributed by atoms with Crippen molar-refractivity contribution in [2.45, 2.75) is 0 Å². The molecule has 0 spiro atoms. The van der Waals surface area contributed by atoms with Gasteiger partial charge in [-0.05, 0) is 64.2 Å². The third-order valence-electron chi connectivity index (χ3n) is 9.43. The second-order valence-corrected chi connectivity index (χ2v) is 13.1. The summed E-state index contributed by atoms with van der Waals surface area (Å²) in [5.74, 6) is 0. The number of para-hydroxylation sites is 3. The van der Waals surface area contributed by atoms with Crippen molar-refractivity contribution in [3.63, 3.8) is 0 Å². The maximum Gasteiger partial charge on any atom is 0.143 e. The van der Waals surface area contributed by atoms with E-state index in [-0.39, 0.29) is 0 Å². The number of nitrogens with zero attached hydrogens (tertiary/aromatic N) is 1. The second kappa shape index (κ2) is 10.3. The van der Waals surface area contributed by atoms with E-state index in [4.69, 9.17) is 4.42 Å². The van der Waals surface area contributed by atoms with Gasteiger partial charge in [-0.2, -0.15) is 0 Å². The molecule has 220 valence electrons. The normalized spacial score (nSPS) is 11.8. The molecule has 3 aromatic heterocycles. The molecule has 2 nitrogen and oxygen atoms in total.